The van der Waals surface area contributed by atoms with Crippen LogP contribution in [0.25, 0.3) is 0 Å². The van der Waals surface area contributed by atoms with Crippen molar-refractivity contribution in [2.24, 2.45) is 5.73 Å². The van der Waals surface area contributed by atoms with Gasteiger partial charge in [0.05, 0.1) is 19.3 Å². The molecule has 2 aromatic rings. The predicted molar refractivity (Wildman–Crippen MR) is 126 cm³/mol. The van der Waals surface area contributed by atoms with Gasteiger partial charge in [-0.3, -0.25) is 14.4 Å². The number of aromatic nitrogens is 4. The highest BCUT2D eigenvalue weighted by Crippen LogP contribution is 2.06. The molecule has 14 nitrogen and oxygen atoms in total. The molecule has 0 saturated heterocycles. The maximum atomic E-state index is 13.1. The van der Waals surface area contributed by atoms with Crippen molar-refractivity contribution in [3.63, 3.8) is 0 Å². The monoisotopic (exact) mass is 510 g/mol. The van der Waals surface area contributed by atoms with Crippen molar-refractivity contribution in [3.05, 3.63) is 36.4 Å². The number of aromatic amines is 2. The number of carbonyl (C=O) groups is 4. The van der Waals surface area contributed by atoms with Gasteiger partial charge in [0.2, 0.25) is 17.7 Å². The number of amides is 3. The molecule has 0 aliphatic rings. The Labute approximate surface area is 205 Å². The zero-order chi connectivity index (χ0) is 25.8. The lowest BCUT2D eigenvalue weighted by molar-refractivity contribution is -0.142. The van der Waals surface area contributed by atoms with Gasteiger partial charge in [-0.15, -0.1) is 0 Å². The van der Waals surface area contributed by atoms with E-state index in [1.807, 2.05) is 6.26 Å². The van der Waals surface area contributed by atoms with Crippen LogP contribution in [0.1, 0.15) is 17.8 Å². The first-order valence-electron chi connectivity index (χ1n) is 10.7. The van der Waals surface area contributed by atoms with Crippen LogP contribution in [0.5, 0.6) is 0 Å². The summed E-state index contributed by atoms with van der Waals surface area (Å²) in [7, 11) is 0. The van der Waals surface area contributed by atoms with E-state index in [1.54, 1.807) is 0 Å². The molecule has 0 fully saturated rings. The highest BCUT2D eigenvalue weighted by Gasteiger charge is 2.30. The van der Waals surface area contributed by atoms with Gasteiger partial charge in [-0.05, 0) is 18.4 Å². The van der Waals surface area contributed by atoms with Gasteiger partial charge in [-0.25, -0.2) is 14.8 Å². The molecule has 4 unspecified atom stereocenters. The summed E-state index contributed by atoms with van der Waals surface area (Å²) in [5.41, 5.74) is 6.61. The standard InChI is InChI=1S/C20H30N8O6S/c1-35-3-2-14(18(31)28-16(20(33)34)5-12-7-23-10-25-12)26-19(32)15(4-11-6-22-9-24-11)27-17(30)13(21)8-29/h6-7,9-10,13-16,29H,2-5,8,21H2,1H3,(H,22,24)(H,23,25)(H,26,32)(H,27,30)(H,28,31)(H,33,34). The largest absolute Gasteiger partial charge is 0.480 e. The predicted octanol–water partition coefficient (Wildman–Crippen LogP) is -2.47. The van der Waals surface area contributed by atoms with Crippen molar-refractivity contribution in [3.8, 4) is 0 Å². The second-order valence-corrected chi connectivity index (χ2v) is 8.64. The Morgan fingerprint density at radius 3 is 1.94 bits per heavy atom. The fraction of sp³-hybridized carbons (Fsp3) is 0.500. The maximum absolute atomic E-state index is 13.1. The summed E-state index contributed by atoms with van der Waals surface area (Å²) in [6, 6.07) is -4.68. The number of carboxylic acid groups (broad SMARTS) is 1. The van der Waals surface area contributed by atoms with Crippen molar-refractivity contribution in [1.29, 1.82) is 0 Å². The Morgan fingerprint density at radius 2 is 1.46 bits per heavy atom. The summed E-state index contributed by atoms with van der Waals surface area (Å²) in [5, 5.41) is 26.2. The number of rotatable bonds is 15. The SMILES string of the molecule is CSCCC(NC(=O)C(Cc1cnc[nH]1)NC(=O)C(N)CO)C(=O)NC(Cc1cnc[nH]1)C(=O)O. The van der Waals surface area contributed by atoms with E-state index in [0.29, 0.717) is 17.1 Å². The Balaban J connectivity index is 2.14. The topological polar surface area (TPSA) is 228 Å². The van der Waals surface area contributed by atoms with Crippen LogP contribution in [0, 0.1) is 0 Å². The zero-order valence-electron chi connectivity index (χ0n) is 19.1. The molecule has 0 saturated carbocycles. The minimum absolute atomic E-state index is 0.0180. The number of hydrogen-bond acceptors (Lipinski definition) is 9. The smallest absolute Gasteiger partial charge is 0.326 e. The molecule has 0 spiro atoms. The molecule has 0 bridgehead atoms. The molecule has 9 N–H and O–H groups in total. The number of hydrogen-bond donors (Lipinski definition) is 8. The van der Waals surface area contributed by atoms with Crippen LogP contribution < -0.4 is 21.7 Å². The van der Waals surface area contributed by atoms with Gasteiger partial charge in [0.15, 0.2) is 0 Å². The van der Waals surface area contributed by atoms with Crippen LogP contribution in [0.15, 0.2) is 25.0 Å². The molecular formula is C20H30N8O6S. The quantitative estimate of drug-likeness (QED) is 0.126. The Morgan fingerprint density at radius 1 is 0.943 bits per heavy atom. The zero-order valence-corrected chi connectivity index (χ0v) is 19.9. The van der Waals surface area contributed by atoms with Crippen LogP contribution >= 0.6 is 11.8 Å². The average molecular weight is 511 g/mol. The molecule has 3 amide bonds. The third-order valence-electron chi connectivity index (χ3n) is 4.98. The van der Waals surface area contributed by atoms with Gasteiger partial charge in [0, 0.05) is 36.6 Å². The number of nitrogens with zero attached hydrogens (tertiary/aromatic N) is 2. The Hall–Kier alpha value is -3.43. The van der Waals surface area contributed by atoms with Crippen molar-refractivity contribution in [1.82, 2.24) is 35.9 Å². The maximum Gasteiger partial charge on any atom is 0.326 e. The number of thioether (sulfide) groups is 1. The third kappa shape index (κ3) is 9.03. The van der Waals surface area contributed by atoms with E-state index in [0.717, 1.165) is 0 Å². The van der Waals surface area contributed by atoms with Crippen LogP contribution in [-0.2, 0) is 32.0 Å². The van der Waals surface area contributed by atoms with E-state index < -0.39 is 54.5 Å². The molecule has 192 valence electrons. The van der Waals surface area contributed by atoms with E-state index >= 15 is 0 Å². The molecule has 0 aliphatic heterocycles. The molecule has 0 aliphatic carbocycles. The summed E-state index contributed by atoms with van der Waals surface area (Å²) in [4.78, 5) is 63.3. The van der Waals surface area contributed by atoms with Crippen LogP contribution in [0.4, 0.5) is 0 Å². The van der Waals surface area contributed by atoms with Crippen molar-refractivity contribution in [2.75, 3.05) is 18.6 Å². The lowest BCUT2D eigenvalue weighted by Crippen LogP contribution is -2.58. The van der Waals surface area contributed by atoms with Gasteiger partial charge < -0.3 is 41.9 Å². The molecule has 35 heavy (non-hydrogen) atoms. The molecule has 2 aromatic heterocycles. The van der Waals surface area contributed by atoms with E-state index in [2.05, 4.69) is 35.9 Å². The van der Waals surface area contributed by atoms with Crippen LogP contribution in [0.2, 0.25) is 0 Å². The first-order chi connectivity index (χ1) is 16.7. The van der Waals surface area contributed by atoms with Crippen LogP contribution in [-0.4, -0.2) is 96.6 Å². The molecule has 0 aromatic carbocycles. The van der Waals surface area contributed by atoms with Gasteiger partial charge in [0.25, 0.3) is 0 Å². The van der Waals surface area contributed by atoms with Crippen LogP contribution in [0.3, 0.4) is 0 Å². The minimum Gasteiger partial charge on any atom is -0.480 e. The van der Waals surface area contributed by atoms with Crippen molar-refractivity contribution < 1.29 is 29.4 Å². The summed E-state index contributed by atoms with van der Waals surface area (Å²) in [6.45, 7) is -0.615. The van der Waals surface area contributed by atoms with Gasteiger partial charge >= 0.3 is 5.97 Å². The molecule has 4 atom stereocenters. The minimum atomic E-state index is -1.25. The average Bonchev–Trinajstić information content (AvgIpc) is 3.54. The number of aliphatic hydroxyl groups is 1. The molecule has 2 rings (SSSR count). The number of H-pyrrole nitrogens is 2. The Kier molecular flexibility index (Phi) is 11.2. The van der Waals surface area contributed by atoms with Gasteiger partial charge in [0.1, 0.15) is 24.2 Å². The number of imidazole rings is 2. The molecule has 15 heteroatoms. The highest BCUT2D eigenvalue weighted by atomic mass is 32.2. The number of aliphatic hydroxyl groups excluding tert-OH is 1. The summed E-state index contributed by atoms with van der Waals surface area (Å²) in [6.07, 6.45) is 7.77. The first-order valence-corrected chi connectivity index (χ1v) is 12.1. The summed E-state index contributed by atoms with van der Waals surface area (Å²) in [5.74, 6) is -2.85. The fourth-order valence-corrected chi connectivity index (χ4v) is 3.52. The fourth-order valence-electron chi connectivity index (χ4n) is 3.05. The number of nitrogens with two attached hydrogens (primary N) is 1. The number of carboxylic acids is 1. The number of aliphatic carboxylic acids is 1. The second-order valence-electron chi connectivity index (χ2n) is 7.65. The highest BCUT2D eigenvalue weighted by molar-refractivity contribution is 7.98. The third-order valence-corrected chi connectivity index (χ3v) is 5.63. The van der Waals surface area contributed by atoms with E-state index in [1.165, 1.54) is 36.8 Å². The van der Waals surface area contributed by atoms with E-state index in [4.69, 9.17) is 10.8 Å². The van der Waals surface area contributed by atoms with E-state index in [-0.39, 0.29) is 19.3 Å². The number of carbonyl (C=O) groups excluding carboxylic acids is 3. The normalized spacial score (nSPS) is 14.4. The van der Waals surface area contributed by atoms with Crippen molar-refractivity contribution in [2.45, 2.75) is 43.4 Å². The molecule has 0 radical (unpaired) electrons. The van der Waals surface area contributed by atoms with Crippen molar-refractivity contribution >= 4 is 35.5 Å². The lowest BCUT2D eigenvalue weighted by Gasteiger charge is -2.25. The summed E-state index contributed by atoms with van der Waals surface area (Å²) < 4.78 is 0. The van der Waals surface area contributed by atoms with Gasteiger partial charge in [-0.2, -0.15) is 11.8 Å². The lowest BCUT2D eigenvalue weighted by atomic mass is 10.1. The second kappa shape index (κ2) is 14.1. The number of nitrogens with one attached hydrogen (secondary N) is 5. The Bertz CT molecular complexity index is 955. The van der Waals surface area contributed by atoms with E-state index in [9.17, 15) is 24.3 Å². The van der Waals surface area contributed by atoms with Gasteiger partial charge in [-0.1, -0.05) is 0 Å². The molecular weight excluding hydrogens is 480 g/mol. The first kappa shape index (κ1) is 27.8. The molecule has 2 heterocycles. The summed E-state index contributed by atoms with van der Waals surface area (Å²) >= 11 is 1.44.